The number of hydrogen-bond donors (Lipinski definition) is 2. The maximum Gasteiger partial charge on any atom is 0.237 e. The molecule has 0 aromatic carbocycles. The van der Waals surface area contributed by atoms with E-state index in [1.54, 1.807) is 0 Å². The molecule has 20 heavy (non-hydrogen) atoms. The summed E-state index contributed by atoms with van der Waals surface area (Å²) < 4.78 is 4.16. The lowest BCUT2D eigenvalue weighted by molar-refractivity contribution is -0.129. The molecule has 0 bridgehead atoms. The lowest BCUT2D eigenvalue weighted by Gasteiger charge is -2.22. The molecular formula is C11H18Cl2IN3O3. The van der Waals surface area contributed by atoms with E-state index in [1.807, 2.05) is 0 Å². The lowest BCUT2D eigenvalue weighted by atomic mass is 10.4. The number of halogens is 3. The fraction of sp³-hybridized carbons (Fsp3) is 0.636. The van der Waals surface area contributed by atoms with Crippen LogP contribution in [0.4, 0.5) is 0 Å². The molecule has 0 saturated heterocycles. The molecule has 6 nitrogen and oxygen atoms in total. The number of carbonyl (C=O) groups is 3. The third-order valence-corrected chi connectivity index (χ3v) is 3.92. The fourth-order valence-corrected chi connectivity index (χ4v) is 2.31. The standard InChI is InChI=1S/C11H18Cl2IN3O3/c1-14-8-10(19)16-3-5-17(11(20)7-13)4-2-15-9(18)6-12/h1-8H2,(H,15,18)(H,16,19). The molecule has 0 radical (unpaired) electrons. The van der Waals surface area contributed by atoms with Gasteiger partial charge in [-0.1, -0.05) is 4.51 Å². The largest absolute Gasteiger partial charge is 0.354 e. The molecule has 0 spiro atoms. The number of carbonyl (C=O) groups excluding carboxylic acids is 3. The van der Waals surface area contributed by atoms with Crippen LogP contribution in [-0.2, 0) is 14.4 Å². The molecule has 0 saturated carbocycles. The van der Waals surface area contributed by atoms with Crippen LogP contribution in [0, 0.1) is 0 Å². The summed E-state index contributed by atoms with van der Waals surface area (Å²) >= 11 is 10.5. The quantitative estimate of drug-likeness (QED) is 0.371. The third kappa shape index (κ3) is 9.49. The van der Waals surface area contributed by atoms with Gasteiger partial charge in [-0.15, -0.1) is 43.9 Å². The second kappa shape index (κ2) is 12.3. The van der Waals surface area contributed by atoms with Crippen LogP contribution in [0.3, 0.4) is 0 Å². The van der Waals surface area contributed by atoms with Crippen molar-refractivity contribution in [3.63, 3.8) is 0 Å². The topological polar surface area (TPSA) is 78.5 Å². The highest BCUT2D eigenvalue weighted by atomic mass is 127. The Balaban J connectivity index is 4.09. The zero-order valence-electron chi connectivity index (χ0n) is 11.0. The molecule has 0 atom stereocenters. The molecule has 0 heterocycles. The van der Waals surface area contributed by atoms with E-state index in [2.05, 4.69) is 15.1 Å². The minimum absolute atomic E-state index is 0.0542. The number of alkyl halides is 3. The highest BCUT2D eigenvalue weighted by Gasteiger charge is 2.12. The van der Waals surface area contributed by atoms with Crippen molar-refractivity contribution in [1.29, 1.82) is 0 Å². The van der Waals surface area contributed by atoms with Crippen LogP contribution in [-0.4, -0.2) is 69.5 Å². The Morgan fingerprint density at radius 2 is 1.55 bits per heavy atom. The first kappa shape index (κ1) is 19.6. The Bertz CT molecular complexity index is 356. The van der Waals surface area contributed by atoms with Crippen LogP contribution in [0.25, 0.3) is 0 Å². The van der Waals surface area contributed by atoms with E-state index >= 15 is 0 Å². The van der Waals surface area contributed by atoms with E-state index in [4.69, 9.17) is 23.2 Å². The summed E-state index contributed by atoms with van der Waals surface area (Å²) in [6.07, 6.45) is 0. The van der Waals surface area contributed by atoms with Crippen LogP contribution in [0.15, 0.2) is 0 Å². The number of nitrogens with one attached hydrogen (secondary N) is 2. The molecule has 116 valence electrons. The maximum atomic E-state index is 11.6. The first-order valence-electron chi connectivity index (χ1n) is 5.81. The maximum absolute atomic E-state index is 11.6. The van der Waals surface area contributed by atoms with Gasteiger partial charge in [0.25, 0.3) is 0 Å². The van der Waals surface area contributed by atoms with Crippen molar-refractivity contribution in [3.05, 3.63) is 0 Å². The van der Waals surface area contributed by atoms with Gasteiger partial charge >= 0.3 is 0 Å². The number of rotatable bonds is 10. The van der Waals surface area contributed by atoms with E-state index in [0.29, 0.717) is 30.6 Å². The van der Waals surface area contributed by atoms with Gasteiger partial charge in [-0.25, -0.2) is 0 Å². The summed E-state index contributed by atoms with van der Waals surface area (Å²) in [6, 6.07) is 0. The molecule has 0 aliphatic heterocycles. The summed E-state index contributed by atoms with van der Waals surface area (Å²) in [5.41, 5.74) is 0. The van der Waals surface area contributed by atoms with Crippen LogP contribution in [0.5, 0.6) is 0 Å². The highest BCUT2D eigenvalue weighted by Crippen LogP contribution is 1.93. The Morgan fingerprint density at radius 1 is 1.00 bits per heavy atom. The summed E-state index contributed by atoms with van der Waals surface area (Å²) in [7, 11) is 0. The van der Waals surface area contributed by atoms with E-state index < -0.39 is 0 Å². The summed E-state index contributed by atoms with van der Waals surface area (Å²) in [5.74, 6) is -0.847. The van der Waals surface area contributed by atoms with Crippen LogP contribution >= 0.6 is 43.9 Å². The second-order valence-corrected chi connectivity index (χ2v) is 6.05. The first-order chi connectivity index (χ1) is 9.54. The lowest BCUT2D eigenvalue weighted by Crippen LogP contribution is -2.43. The summed E-state index contributed by atoms with van der Waals surface area (Å²) in [6.45, 7) is 1.33. The van der Waals surface area contributed by atoms with Crippen molar-refractivity contribution in [2.75, 3.05) is 42.4 Å². The molecule has 0 unspecified atom stereocenters. The van der Waals surface area contributed by atoms with Gasteiger partial charge in [-0.2, -0.15) is 0 Å². The Kier molecular flexibility index (Phi) is 12.1. The molecule has 2 N–H and O–H groups in total. The molecule has 0 aliphatic carbocycles. The Labute approximate surface area is 138 Å². The second-order valence-electron chi connectivity index (χ2n) is 3.67. The van der Waals surface area contributed by atoms with E-state index in [1.165, 1.54) is 4.90 Å². The molecule has 0 fully saturated rings. The molecule has 3 amide bonds. The first-order valence-corrected chi connectivity index (χ1v) is 9.93. The van der Waals surface area contributed by atoms with Gasteiger partial charge in [0.15, 0.2) is 0 Å². The van der Waals surface area contributed by atoms with Crippen LogP contribution in [0.2, 0.25) is 0 Å². The average molecular weight is 438 g/mol. The zero-order valence-corrected chi connectivity index (χ0v) is 14.6. The summed E-state index contributed by atoms with van der Waals surface area (Å²) in [5, 5.41) is 5.27. The van der Waals surface area contributed by atoms with Gasteiger partial charge in [0, 0.05) is 26.2 Å². The molecule has 0 aromatic rings. The van der Waals surface area contributed by atoms with Gasteiger partial charge in [-0.05, 0) is 0 Å². The SMILES string of the molecule is C=ICC(=O)NCCN(CCNC(=O)CCl)C(=O)CCl. The van der Waals surface area contributed by atoms with Crippen molar-refractivity contribution >= 4 is 66.2 Å². The van der Waals surface area contributed by atoms with Crippen molar-refractivity contribution in [2.24, 2.45) is 0 Å². The molecule has 0 aliphatic rings. The highest BCUT2D eigenvalue weighted by molar-refractivity contribution is 14.2. The normalized spacial score (nSPS) is 9.90. The van der Waals surface area contributed by atoms with Gasteiger partial charge < -0.3 is 15.5 Å². The average Bonchev–Trinajstić information content (AvgIpc) is 2.44. The van der Waals surface area contributed by atoms with Gasteiger partial charge in [0.05, 0.1) is 4.43 Å². The van der Waals surface area contributed by atoms with Crippen molar-refractivity contribution in [2.45, 2.75) is 0 Å². The zero-order chi connectivity index (χ0) is 15.4. The number of nitrogens with zero attached hydrogens (tertiary/aromatic N) is 1. The molecular weight excluding hydrogens is 420 g/mol. The summed E-state index contributed by atoms with van der Waals surface area (Å²) in [4.78, 5) is 35.3. The van der Waals surface area contributed by atoms with Crippen molar-refractivity contribution in [3.8, 4) is 0 Å². The van der Waals surface area contributed by atoms with Crippen LogP contribution < -0.4 is 10.6 Å². The van der Waals surface area contributed by atoms with E-state index in [9.17, 15) is 14.4 Å². The smallest absolute Gasteiger partial charge is 0.237 e. The third-order valence-electron chi connectivity index (χ3n) is 2.21. The van der Waals surface area contributed by atoms with Crippen molar-refractivity contribution < 1.29 is 14.4 Å². The van der Waals surface area contributed by atoms with Gasteiger partial charge in [-0.3, -0.25) is 14.4 Å². The van der Waals surface area contributed by atoms with Crippen molar-refractivity contribution in [1.82, 2.24) is 15.5 Å². The molecule has 0 aromatic heterocycles. The predicted molar refractivity (Wildman–Crippen MR) is 90.0 cm³/mol. The van der Waals surface area contributed by atoms with E-state index in [0.717, 1.165) is 0 Å². The van der Waals surface area contributed by atoms with Gasteiger partial charge in [0.2, 0.25) is 17.7 Å². The van der Waals surface area contributed by atoms with Crippen LogP contribution in [0.1, 0.15) is 0 Å². The Morgan fingerprint density at radius 3 is 2.00 bits per heavy atom. The van der Waals surface area contributed by atoms with Gasteiger partial charge in [0.1, 0.15) is 11.8 Å². The molecule has 0 rings (SSSR count). The fourth-order valence-electron chi connectivity index (χ4n) is 1.29. The Hall–Kier alpha value is -0.410. The monoisotopic (exact) mass is 437 g/mol. The predicted octanol–water partition coefficient (Wildman–Crippen LogP) is -0.0723. The minimum Gasteiger partial charge on any atom is -0.354 e. The number of amides is 3. The molecule has 9 heteroatoms. The van der Waals surface area contributed by atoms with E-state index in [-0.39, 0.29) is 50.2 Å². The number of hydrogen-bond acceptors (Lipinski definition) is 3. The minimum atomic E-state index is -0.325.